The molecule has 8 nitrogen and oxygen atoms in total. The molecule has 0 aliphatic carbocycles. The van der Waals surface area contributed by atoms with Crippen molar-refractivity contribution < 1.29 is 14.0 Å². The van der Waals surface area contributed by atoms with Crippen LogP contribution in [0.25, 0.3) is 0 Å². The smallest absolute Gasteiger partial charge is 0.194 e. The van der Waals surface area contributed by atoms with Gasteiger partial charge in [-0.25, -0.2) is 4.99 Å². The number of nitrogens with zero attached hydrogens (tertiary/aromatic N) is 4. The number of hydrogen-bond donors (Lipinski definition) is 1. The van der Waals surface area contributed by atoms with E-state index in [-0.39, 0.29) is 30.1 Å². The fraction of sp³-hybridized carbons (Fsp3) is 0.524. The highest BCUT2D eigenvalue weighted by Crippen LogP contribution is 2.26. The number of para-hydroxylation sites is 2. The van der Waals surface area contributed by atoms with Crippen LogP contribution in [0.2, 0.25) is 0 Å². The number of nitrogens with one attached hydrogen (secondary N) is 1. The van der Waals surface area contributed by atoms with E-state index in [1.54, 1.807) is 13.4 Å². The Kier molecular flexibility index (Phi) is 10.2. The Hall–Kier alpha value is -2.01. The van der Waals surface area contributed by atoms with Gasteiger partial charge in [-0.15, -0.1) is 24.0 Å². The molecule has 0 radical (unpaired) electrons. The first-order chi connectivity index (χ1) is 14.2. The minimum absolute atomic E-state index is 0. The van der Waals surface area contributed by atoms with Crippen LogP contribution in [0.5, 0.6) is 11.5 Å². The number of benzene rings is 1. The summed E-state index contributed by atoms with van der Waals surface area (Å²) in [7, 11) is 1.65. The van der Waals surface area contributed by atoms with Crippen molar-refractivity contribution in [2.45, 2.75) is 26.5 Å². The average molecular weight is 529 g/mol. The number of halogens is 1. The minimum atomic E-state index is -0.0617. The third kappa shape index (κ3) is 7.05. The Balaban J connectivity index is 0.00000320. The molecular formula is C21H32IN5O3. The molecule has 2 heterocycles. The summed E-state index contributed by atoms with van der Waals surface area (Å²) in [5, 5.41) is 7.40. The molecule has 9 heteroatoms. The van der Waals surface area contributed by atoms with E-state index in [1.165, 1.54) is 0 Å². The molecule has 30 heavy (non-hydrogen) atoms. The van der Waals surface area contributed by atoms with Gasteiger partial charge in [0.25, 0.3) is 0 Å². The van der Waals surface area contributed by atoms with Crippen LogP contribution in [-0.4, -0.2) is 73.4 Å². The van der Waals surface area contributed by atoms with Crippen LogP contribution in [0.3, 0.4) is 0 Å². The van der Waals surface area contributed by atoms with Crippen molar-refractivity contribution in [3.8, 4) is 11.5 Å². The van der Waals surface area contributed by atoms with Crippen molar-refractivity contribution >= 4 is 29.9 Å². The van der Waals surface area contributed by atoms with E-state index < -0.39 is 0 Å². The van der Waals surface area contributed by atoms with Crippen LogP contribution >= 0.6 is 24.0 Å². The van der Waals surface area contributed by atoms with E-state index in [0.717, 1.165) is 62.4 Å². The number of hydrogen-bond acceptors (Lipinski definition) is 6. The molecule has 1 saturated heterocycles. The summed E-state index contributed by atoms with van der Waals surface area (Å²) in [6.45, 7) is 10.1. The highest BCUT2D eigenvalue weighted by atomic mass is 127. The number of ether oxygens (including phenoxy) is 2. The zero-order valence-corrected chi connectivity index (χ0v) is 20.2. The normalized spacial score (nSPS) is 16.0. The number of methoxy groups -OCH3 is 1. The second kappa shape index (κ2) is 12.6. The van der Waals surface area contributed by atoms with Crippen LogP contribution < -0.4 is 14.8 Å². The molecule has 0 amide bonds. The van der Waals surface area contributed by atoms with Gasteiger partial charge in [-0.3, -0.25) is 4.90 Å². The predicted octanol–water partition coefficient (Wildman–Crippen LogP) is 2.85. The lowest BCUT2D eigenvalue weighted by atomic mass is 10.3. The molecule has 0 spiro atoms. The Bertz CT molecular complexity index is 764. The zero-order chi connectivity index (χ0) is 20.5. The lowest BCUT2D eigenvalue weighted by Crippen LogP contribution is -2.52. The van der Waals surface area contributed by atoms with Crippen molar-refractivity contribution in [1.29, 1.82) is 0 Å². The molecular weight excluding hydrogens is 497 g/mol. The molecule has 1 unspecified atom stereocenters. The summed E-state index contributed by atoms with van der Waals surface area (Å²) in [4.78, 5) is 9.49. The van der Waals surface area contributed by atoms with Gasteiger partial charge in [-0.05, 0) is 26.0 Å². The number of aromatic nitrogens is 1. The summed E-state index contributed by atoms with van der Waals surface area (Å²) >= 11 is 0. The van der Waals surface area contributed by atoms with E-state index in [0.29, 0.717) is 6.54 Å². The molecule has 1 aromatic heterocycles. The zero-order valence-electron chi connectivity index (χ0n) is 17.9. The van der Waals surface area contributed by atoms with E-state index in [4.69, 9.17) is 19.0 Å². The molecule has 1 aromatic carbocycles. The van der Waals surface area contributed by atoms with E-state index >= 15 is 0 Å². The Morgan fingerprint density at radius 2 is 1.93 bits per heavy atom. The maximum Gasteiger partial charge on any atom is 0.194 e. The van der Waals surface area contributed by atoms with E-state index in [9.17, 15) is 0 Å². The van der Waals surface area contributed by atoms with Crippen LogP contribution in [-0.2, 0) is 6.54 Å². The minimum Gasteiger partial charge on any atom is -0.493 e. The summed E-state index contributed by atoms with van der Waals surface area (Å²) < 4.78 is 16.3. The lowest BCUT2D eigenvalue weighted by Gasteiger charge is -2.36. The first kappa shape index (κ1) is 24.3. The van der Waals surface area contributed by atoms with Crippen molar-refractivity contribution in [3.05, 3.63) is 42.3 Å². The summed E-state index contributed by atoms with van der Waals surface area (Å²) in [6, 6.07) is 9.60. The predicted molar refractivity (Wildman–Crippen MR) is 128 cm³/mol. The maximum atomic E-state index is 6.03. The van der Waals surface area contributed by atoms with Crippen molar-refractivity contribution in [3.63, 3.8) is 0 Å². The van der Waals surface area contributed by atoms with Crippen molar-refractivity contribution in [2.24, 2.45) is 4.99 Å². The van der Waals surface area contributed by atoms with Crippen LogP contribution in [0.15, 0.2) is 46.1 Å². The van der Waals surface area contributed by atoms with Gasteiger partial charge in [0.05, 0.1) is 19.3 Å². The monoisotopic (exact) mass is 529 g/mol. The molecule has 3 rings (SSSR count). The molecule has 0 bridgehead atoms. The van der Waals surface area contributed by atoms with Gasteiger partial charge in [0.1, 0.15) is 12.4 Å². The van der Waals surface area contributed by atoms with Crippen LogP contribution in [0.1, 0.15) is 19.5 Å². The molecule has 1 atom stereocenters. The second-order valence-corrected chi connectivity index (χ2v) is 7.03. The molecule has 2 aromatic rings. The Morgan fingerprint density at radius 1 is 1.20 bits per heavy atom. The first-order valence-electron chi connectivity index (χ1n) is 10.1. The van der Waals surface area contributed by atoms with Crippen LogP contribution in [0, 0.1) is 0 Å². The highest BCUT2D eigenvalue weighted by Gasteiger charge is 2.20. The molecule has 1 aliphatic heterocycles. The van der Waals surface area contributed by atoms with Crippen molar-refractivity contribution in [2.75, 3.05) is 46.4 Å². The largest absolute Gasteiger partial charge is 0.493 e. The molecule has 1 N–H and O–H groups in total. The lowest BCUT2D eigenvalue weighted by molar-refractivity contribution is 0.168. The third-order valence-corrected chi connectivity index (χ3v) is 4.78. The standard InChI is InChI=1S/C21H31N5O3.HI/c1-4-22-21(23-15-17(2)29-20-8-6-5-7-19(20)27-3)26-12-10-25(11-13-26)16-18-9-14-28-24-18;/h5-9,14,17H,4,10-13,15-16H2,1-3H3,(H,22,23);1H. The number of aliphatic imine (C=N–C) groups is 1. The maximum absolute atomic E-state index is 6.03. The summed E-state index contributed by atoms with van der Waals surface area (Å²) in [6.07, 6.45) is 1.56. The molecule has 1 fully saturated rings. The Labute approximate surface area is 195 Å². The fourth-order valence-electron chi connectivity index (χ4n) is 3.28. The van der Waals surface area contributed by atoms with Gasteiger partial charge in [0, 0.05) is 45.3 Å². The topological polar surface area (TPSA) is 75.4 Å². The van der Waals surface area contributed by atoms with Gasteiger partial charge in [0.15, 0.2) is 17.5 Å². The average Bonchev–Trinajstić information content (AvgIpc) is 3.25. The highest BCUT2D eigenvalue weighted by molar-refractivity contribution is 14.0. The number of piperazine rings is 1. The van der Waals surface area contributed by atoms with E-state index in [1.807, 2.05) is 37.3 Å². The number of rotatable bonds is 8. The summed E-state index contributed by atoms with van der Waals surface area (Å²) in [5.74, 6) is 2.41. The van der Waals surface area contributed by atoms with Gasteiger partial charge >= 0.3 is 0 Å². The molecule has 166 valence electrons. The SMILES string of the molecule is CCNC(=NCC(C)Oc1ccccc1OC)N1CCN(Cc2ccon2)CC1.I. The second-order valence-electron chi connectivity index (χ2n) is 7.03. The molecule has 1 aliphatic rings. The van der Waals surface area contributed by atoms with Gasteiger partial charge in [-0.2, -0.15) is 0 Å². The van der Waals surface area contributed by atoms with Crippen molar-refractivity contribution in [1.82, 2.24) is 20.3 Å². The van der Waals surface area contributed by atoms with E-state index in [2.05, 4.69) is 27.2 Å². The van der Waals surface area contributed by atoms with Gasteiger partial charge in [-0.1, -0.05) is 17.3 Å². The quantitative estimate of drug-likeness (QED) is 0.320. The first-order valence-corrected chi connectivity index (χ1v) is 10.1. The van der Waals surface area contributed by atoms with Gasteiger partial charge < -0.3 is 24.2 Å². The molecule has 0 saturated carbocycles. The Morgan fingerprint density at radius 3 is 2.57 bits per heavy atom. The summed E-state index contributed by atoms with van der Waals surface area (Å²) in [5.41, 5.74) is 0.973. The number of guanidine groups is 1. The van der Waals surface area contributed by atoms with Crippen LogP contribution in [0.4, 0.5) is 0 Å². The third-order valence-electron chi connectivity index (χ3n) is 4.78. The fourth-order valence-corrected chi connectivity index (χ4v) is 3.28. The van der Waals surface area contributed by atoms with Gasteiger partial charge in [0.2, 0.25) is 0 Å².